The number of nitrogens with one attached hydrogen (secondary N) is 2. The fraction of sp³-hybridized carbons (Fsp3) is 0.875. The van der Waals surface area contributed by atoms with E-state index in [0.717, 1.165) is 6.42 Å². The Kier molecular flexibility index (Phi) is 6.50. The molecule has 2 saturated heterocycles. The molecule has 11 heteroatoms. The molecule has 2 heterocycles. The highest BCUT2D eigenvalue weighted by molar-refractivity contribution is 6.31. The third-order valence-corrected chi connectivity index (χ3v) is 6.00. The maximum absolute atomic E-state index is 12.6. The van der Waals surface area contributed by atoms with E-state index in [4.69, 9.17) is 11.6 Å². The summed E-state index contributed by atoms with van der Waals surface area (Å²) in [5.41, 5.74) is 5.21. The summed E-state index contributed by atoms with van der Waals surface area (Å²) in [5.74, 6) is -0.816. The average molecular weight is 413 g/mol. The lowest BCUT2D eigenvalue weighted by atomic mass is 9.86. The van der Waals surface area contributed by atoms with Crippen LogP contribution in [0.25, 0.3) is 0 Å². The molecule has 2 amide bonds. The van der Waals surface area contributed by atoms with Crippen LogP contribution in [0.5, 0.6) is 0 Å². The molecule has 0 radical (unpaired) electrons. The molecule has 7 nitrogen and oxygen atoms in total. The Morgan fingerprint density at radius 3 is 2.63 bits per heavy atom. The van der Waals surface area contributed by atoms with Gasteiger partial charge in [-0.2, -0.15) is 0 Å². The van der Waals surface area contributed by atoms with Crippen molar-refractivity contribution in [3.05, 3.63) is 0 Å². The first-order chi connectivity index (χ1) is 12.7. The van der Waals surface area contributed by atoms with Crippen molar-refractivity contribution in [2.45, 2.75) is 49.6 Å². The van der Waals surface area contributed by atoms with E-state index in [1.807, 2.05) is 4.90 Å². The molecule has 1 saturated carbocycles. The van der Waals surface area contributed by atoms with Gasteiger partial charge in [0.2, 0.25) is 5.91 Å². The number of halogens is 4. The Bertz CT molecular complexity index is 566. The summed E-state index contributed by atoms with van der Waals surface area (Å²) in [6.45, 7) is 1.71. The minimum absolute atomic E-state index is 0.0976. The summed E-state index contributed by atoms with van der Waals surface area (Å²) in [6.07, 6.45) is -3.05. The number of hydrazine groups is 1. The van der Waals surface area contributed by atoms with Gasteiger partial charge in [-0.15, -0.1) is 24.8 Å². The van der Waals surface area contributed by atoms with Crippen molar-refractivity contribution < 1.29 is 27.5 Å². The van der Waals surface area contributed by atoms with E-state index in [9.17, 15) is 22.8 Å². The molecule has 4 unspecified atom stereocenters. The number of carbonyl (C=O) groups is 2. The first-order valence-electron chi connectivity index (χ1n) is 9.18. The van der Waals surface area contributed by atoms with Gasteiger partial charge in [0.25, 0.3) is 5.91 Å². The van der Waals surface area contributed by atoms with Gasteiger partial charge >= 0.3 is 6.36 Å². The number of rotatable bonds is 4. The Balaban J connectivity index is 1.56. The van der Waals surface area contributed by atoms with Crippen LogP contribution < -0.4 is 10.9 Å². The number of alkyl halides is 4. The van der Waals surface area contributed by atoms with Gasteiger partial charge in [-0.05, 0) is 12.8 Å². The van der Waals surface area contributed by atoms with Crippen molar-refractivity contribution in [2.75, 3.05) is 32.7 Å². The highest BCUT2D eigenvalue weighted by Gasteiger charge is 2.41. The molecule has 2 aliphatic heterocycles. The largest absolute Gasteiger partial charge is 0.522 e. The van der Waals surface area contributed by atoms with E-state index in [1.165, 1.54) is 0 Å². The van der Waals surface area contributed by atoms with Gasteiger partial charge in [-0.3, -0.25) is 24.7 Å². The summed E-state index contributed by atoms with van der Waals surface area (Å²) < 4.78 is 42.2. The van der Waals surface area contributed by atoms with E-state index in [0.29, 0.717) is 38.9 Å². The monoisotopic (exact) mass is 412 g/mol. The molecule has 0 aromatic carbocycles. The molecule has 1 aliphatic carbocycles. The van der Waals surface area contributed by atoms with Gasteiger partial charge in [0, 0.05) is 38.1 Å². The van der Waals surface area contributed by atoms with Crippen molar-refractivity contribution in [2.24, 2.45) is 5.92 Å². The summed E-state index contributed by atoms with van der Waals surface area (Å²) >= 11 is 6.15. The van der Waals surface area contributed by atoms with Crippen LogP contribution in [0.4, 0.5) is 13.2 Å². The van der Waals surface area contributed by atoms with E-state index in [1.54, 1.807) is 4.90 Å². The molecule has 0 aromatic heterocycles. The molecule has 0 bridgehead atoms. The number of hydrogen-bond donors (Lipinski definition) is 2. The van der Waals surface area contributed by atoms with E-state index in [-0.39, 0.29) is 36.9 Å². The van der Waals surface area contributed by atoms with Crippen LogP contribution in [0, 0.1) is 5.92 Å². The van der Waals surface area contributed by atoms with Gasteiger partial charge in [-0.1, -0.05) is 12.8 Å². The normalized spacial score (nSPS) is 33.9. The maximum atomic E-state index is 12.6. The van der Waals surface area contributed by atoms with Crippen LogP contribution >= 0.6 is 11.6 Å². The summed E-state index contributed by atoms with van der Waals surface area (Å²) in [5, 5.41) is -0.756. The fourth-order valence-corrected chi connectivity index (χ4v) is 4.40. The molecule has 4 atom stereocenters. The number of ether oxygens (including phenoxy) is 1. The van der Waals surface area contributed by atoms with Crippen LogP contribution in [0.15, 0.2) is 0 Å². The SMILES string of the molecule is O=C1NNCC(N2CCN(CC3CCCCC3OC(F)(F)F)C(=O)C2)C1Cl. The summed E-state index contributed by atoms with van der Waals surface area (Å²) in [4.78, 5) is 27.7. The highest BCUT2D eigenvalue weighted by Crippen LogP contribution is 2.33. The third kappa shape index (κ3) is 5.24. The number of amides is 2. The van der Waals surface area contributed by atoms with Crippen LogP contribution in [0.2, 0.25) is 0 Å². The van der Waals surface area contributed by atoms with Crippen molar-refractivity contribution in [3.8, 4) is 0 Å². The standard InChI is InChI=1S/C16H24ClF3N4O3/c17-14-11(7-21-22-15(14)26)23-5-6-24(13(25)9-23)8-10-3-1-2-4-12(10)27-16(18,19)20/h10-12,14,21H,1-9H2,(H,22,26). The van der Waals surface area contributed by atoms with Gasteiger partial charge in [0.1, 0.15) is 5.38 Å². The molecule has 154 valence electrons. The topological polar surface area (TPSA) is 73.9 Å². The number of carbonyl (C=O) groups excluding carboxylic acids is 2. The van der Waals surface area contributed by atoms with Crippen molar-refractivity contribution >= 4 is 23.4 Å². The maximum Gasteiger partial charge on any atom is 0.522 e. The number of nitrogens with zero attached hydrogens (tertiary/aromatic N) is 2. The number of piperazine rings is 1. The minimum Gasteiger partial charge on any atom is -0.340 e. The van der Waals surface area contributed by atoms with Gasteiger partial charge in [0.05, 0.1) is 12.6 Å². The third-order valence-electron chi connectivity index (χ3n) is 5.51. The van der Waals surface area contributed by atoms with Gasteiger partial charge < -0.3 is 4.90 Å². The van der Waals surface area contributed by atoms with E-state index < -0.39 is 17.8 Å². The number of hydrogen-bond acceptors (Lipinski definition) is 5. The Morgan fingerprint density at radius 1 is 1.19 bits per heavy atom. The van der Waals surface area contributed by atoms with Gasteiger partial charge in [0.15, 0.2) is 0 Å². The summed E-state index contributed by atoms with van der Waals surface area (Å²) in [6, 6.07) is -0.303. The first-order valence-corrected chi connectivity index (χ1v) is 9.61. The van der Waals surface area contributed by atoms with Crippen LogP contribution in [0.1, 0.15) is 25.7 Å². The summed E-state index contributed by atoms with van der Waals surface area (Å²) in [7, 11) is 0. The van der Waals surface area contributed by atoms with Gasteiger partial charge in [-0.25, -0.2) is 5.43 Å². The Labute approximate surface area is 160 Å². The van der Waals surface area contributed by atoms with E-state index in [2.05, 4.69) is 15.6 Å². The quantitative estimate of drug-likeness (QED) is 0.669. The Morgan fingerprint density at radius 2 is 1.93 bits per heavy atom. The lowest BCUT2D eigenvalue weighted by Gasteiger charge is -2.43. The first kappa shape index (κ1) is 20.6. The predicted octanol–water partition coefficient (Wildman–Crippen LogP) is 0.836. The zero-order chi connectivity index (χ0) is 19.6. The second-order valence-corrected chi connectivity index (χ2v) is 7.77. The van der Waals surface area contributed by atoms with Crippen LogP contribution in [0.3, 0.4) is 0 Å². The predicted molar refractivity (Wildman–Crippen MR) is 90.6 cm³/mol. The van der Waals surface area contributed by atoms with Crippen LogP contribution in [-0.2, 0) is 14.3 Å². The smallest absolute Gasteiger partial charge is 0.340 e. The minimum atomic E-state index is -4.66. The second kappa shape index (κ2) is 8.50. The van der Waals surface area contributed by atoms with Crippen LogP contribution in [-0.4, -0.2) is 78.2 Å². The van der Waals surface area contributed by atoms with Crippen molar-refractivity contribution in [3.63, 3.8) is 0 Å². The molecule has 3 rings (SSSR count). The Hall–Kier alpha value is -1.10. The molecular weight excluding hydrogens is 389 g/mol. The lowest BCUT2D eigenvalue weighted by molar-refractivity contribution is -0.351. The van der Waals surface area contributed by atoms with Crippen molar-refractivity contribution in [1.82, 2.24) is 20.7 Å². The molecular formula is C16H24ClF3N4O3. The zero-order valence-corrected chi connectivity index (χ0v) is 15.6. The second-order valence-electron chi connectivity index (χ2n) is 7.30. The molecule has 2 N–H and O–H groups in total. The molecule has 3 aliphatic rings. The molecule has 0 spiro atoms. The molecule has 27 heavy (non-hydrogen) atoms. The molecule has 0 aromatic rings. The average Bonchev–Trinajstić information content (AvgIpc) is 2.59. The molecule has 3 fully saturated rings. The highest BCUT2D eigenvalue weighted by atomic mass is 35.5. The fourth-order valence-electron chi connectivity index (χ4n) is 4.10. The van der Waals surface area contributed by atoms with Crippen molar-refractivity contribution in [1.29, 1.82) is 0 Å². The zero-order valence-electron chi connectivity index (χ0n) is 14.8. The lowest BCUT2D eigenvalue weighted by Crippen LogP contribution is -2.65. The van der Waals surface area contributed by atoms with E-state index >= 15 is 0 Å².